The van der Waals surface area contributed by atoms with Crippen LogP contribution in [0.5, 0.6) is 0 Å². The standard InChI is InChI=1S/C22H28N4O/c1-4-23-22-21-14-24-19(10-17(21)13-25-22)12-20(27)11-18(15-26(2)3)16-8-6-5-7-9-16/h5-10,14,18H,4,11-13,15H2,1-3H3,(H,23,25)/t18-/m0/s1. The third kappa shape index (κ3) is 5.01. The van der Waals surface area contributed by atoms with E-state index in [2.05, 4.69) is 39.2 Å². The van der Waals surface area contributed by atoms with Crippen molar-refractivity contribution in [3.8, 4) is 0 Å². The molecule has 0 saturated carbocycles. The highest BCUT2D eigenvalue weighted by atomic mass is 16.1. The Morgan fingerprint density at radius 2 is 2.04 bits per heavy atom. The van der Waals surface area contributed by atoms with E-state index >= 15 is 0 Å². The molecule has 0 spiro atoms. The van der Waals surface area contributed by atoms with Gasteiger partial charge in [-0.25, -0.2) is 0 Å². The van der Waals surface area contributed by atoms with Crippen LogP contribution in [0.25, 0.3) is 0 Å². The summed E-state index contributed by atoms with van der Waals surface area (Å²) in [6.07, 6.45) is 2.75. The highest BCUT2D eigenvalue weighted by molar-refractivity contribution is 6.01. The van der Waals surface area contributed by atoms with Crippen molar-refractivity contribution >= 4 is 11.6 Å². The van der Waals surface area contributed by atoms with E-state index in [1.54, 1.807) is 0 Å². The molecule has 2 heterocycles. The molecule has 1 aromatic carbocycles. The number of rotatable bonds is 8. The fourth-order valence-electron chi connectivity index (χ4n) is 3.56. The number of likely N-dealkylation sites (N-methyl/N-ethyl adjacent to an activating group) is 1. The maximum Gasteiger partial charge on any atom is 0.139 e. The van der Waals surface area contributed by atoms with Gasteiger partial charge in [-0.3, -0.25) is 14.8 Å². The summed E-state index contributed by atoms with van der Waals surface area (Å²) in [5, 5.41) is 3.26. The van der Waals surface area contributed by atoms with Crippen LogP contribution in [-0.4, -0.2) is 48.7 Å². The first-order valence-corrected chi connectivity index (χ1v) is 9.54. The minimum Gasteiger partial charge on any atom is -0.370 e. The number of hydrogen-bond acceptors (Lipinski definition) is 5. The van der Waals surface area contributed by atoms with Crippen LogP contribution in [0.2, 0.25) is 0 Å². The Labute approximate surface area is 161 Å². The number of aromatic nitrogens is 1. The van der Waals surface area contributed by atoms with Crippen LogP contribution in [0.3, 0.4) is 0 Å². The molecule has 1 aliphatic heterocycles. The molecule has 5 heteroatoms. The predicted molar refractivity (Wildman–Crippen MR) is 109 cm³/mol. The van der Waals surface area contributed by atoms with Crippen molar-refractivity contribution in [2.45, 2.75) is 32.2 Å². The number of carbonyl (C=O) groups excluding carboxylic acids is 1. The zero-order chi connectivity index (χ0) is 19.2. The number of hydrogen-bond donors (Lipinski definition) is 1. The molecule has 0 radical (unpaired) electrons. The van der Waals surface area contributed by atoms with Crippen LogP contribution in [0.4, 0.5) is 0 Å². The van der Waals surface area contributed by atoms with Gasteiger partial charge in [0.15, 0.2) is 0 Å². The summed E-state index contributed by atoms with van der Waals surface area (Å²) >= 11 is 0. The molecule has 1 aromatic heterocycles. The predicted octanol–water partition coefficient (Wildman–Crippen LogP) is 2.80. The first-order chi connectivity index (χ1) is 13.1. The second-order valence-electron chi connectivity index (χ2n) is 7.32. The molecule has 0 aliphatic carbocycles. The normalized spacial score (nSPS) is 14.0. The Morgan fingerprint density at radius 1 is 1.26 bits per heavy atom. The van der Waals surface area contributed by atoms with Gasteiger partial charge in [0.25, 0.3) is 0 Å². The number of Topliss-reactive ketones (excluding diaryl/α,β-unsaturated/α-hetero) is 1. The molecule has 1 N–H and O–H groups in total. The Balaban J connectivity index is 1.66. The fraction of sp³-hybridized carbons (Fsp3) is 0.409. The number of amidine groups is 1. The third-order valence-electron chi connectivity index (χ3n) is 4.76. The minimum atomic E-state index is 0.201. The van der Waals surface area contributed by atoms with Crippen molar-refractivity contribution in [1.82, 2.24) is 15.2 Å². The van der Waals surface area contributed by atoms with Gasteiger partial charge in [-0.1, -0.05) is 30.3 Å². The molecule has 0 amide bonds. The molecule has 1 aliphatic rings. The summed E-state index contributed by atoms with van der Waals surface area (Å²) < 4.78 is 0. The number of benzene rings is 1. The third-order valence-corrected chi connectivity index (χ3v) is 4.76. The number of carbonyl (C=O) groups is 1. The second kappa shape index (κ2) is 8.91. The lowest BCUT2D eigenvalue weighted by molar-refractivity contribution is -0.118. The SMILES string of the molecule is CCNC1=NCc2cc(CC(=O)C[C@@H](CN(C)C)c3ccccc3)ncc21. The topological polar surface area (TPSA) is 57.6 Å². The molecular weight excluding hydrogens is 336 g/mol. The summed E-state index contributed by atoms with van der Waals surface area (Å²) in [4.78, 5) is 23.9. The quantitative estimate of drug-likeness (QED) is 0.783. The molecule has 0 unspecified atom stereocenters. The average Bonchev–Trinajstić information content (AvgIpc) is 3.04. The summed E-state index contributed by atoms with van der Waals surface area (Å²) in [5.74, 6) is 1.34. The van der Waals surface area contributed by atoms with Crippen molar-refractivity contribution in [2.24, 2.45) is 4.99 Å². The van der Waals surface area contributed by atoms with Crippen LogP contribution in [0, 0.1) is 0 Å². The summed E-state index contributed by atoms with van der Waals surface area (Å²) in [6, 6.07) is 12.3. The number of fused-ring (bicyclic) bond motifs is 1. The van der Waals surface area contributed by atoms with Gasteiger partial charge in [0.05, 0.1) is 6.54 Å². The Hall–Kier alpha value is -2.53. The van der Waals surface area contributed by atoms with Gasteiger partial charge in [0, 0.05) is 49.3 Å². The summed E-state index contributed by atoms with van der Waals surface area (Å²) in [7, 11) is 4.09. The largest absolute Gasteiger partial charge is 0.370 e. The lowest BCUT2D eigenvalue weighted by Gasteiger charge is -2.21. The molecule has 1 atom stereocenters. The monoisotopic (exact) mass is 364 g/mol. The zero-order valence-corrected chi connectivity index (χ0v) is 16.4. The van der Waals surface area contributed by atoms with Crippen LogP contribution >= 0.6 is 0 Å². The first-order valence-electron chi connectivity index (χ1n) is 9.54. The van der Waals surface area contributed by atoms with Crippen LogP contribution < -0.4 is 5.32 Å². The Kier molecular flexibility index (Phi) is 6.35. The van der Waals surface area contributed by atoms with Crippen molar-refractivity contribution in [2.75, 3.05) is 27.2 Å². The average molecular weight is 364 g/mol. The lowest BCUT2D eigenvalue weighted by Crippen LogP contribution is -2.23. The van der Waals surface area contributed by atoms with Crippen LogP contribution in [-0.2, 0) is 17.8 Å². The maximum absolute atomic E-state index is 12.7. The van der Waals surface area contributed by atoms with Crippen LogP contribution in [0.1, 0.15) is 41.6 Å². The number of ketones is 1. The summed E-state index contributed by atoms with van der Waals surface area (Å²) in [6.45, 7) is 4.41. The molecule has 2 aromatic rings. The van der Waals surface area contributed by atoms with E-state index in [1.165, 1.54) is 5.56 Å². The fourth-order valence-corrected chi connectivity index (χ4v) is 3.56. The van der Waals surface area contributed by atoms with Gasteiger partial charge in [-0.15, -0.1) is 0 Å². The Bertz CT molecular complexity index is 814. The highest BCUT2D eigenvalue weighted by Crippen LogP contribution is 2.22. The van der Waals surface area contributed by atoms with Gasteiger partial charge >= 0.3 is 0 Å². The van der Waals surface area contributed by atoms with Gasteiger partial charge < -0.3 is 10.2 Å². The molecule has 0 bridgehead atoms. The van der Waals surface area contributed by atoms with Crippen molar-refractivity contribution in [1.29, 1.82) is 0 Å². The van der Waals surface area contributed by atoms with Crippen molar-refractivity contribution in [3.63, 3.8) is 0 Å². The molecular formula is C22H28N4O. The van der Waals surface area contributed by atoms with E-state index in [0.717, 1.165) is 35.7 Å². The first kappa shape index (κ1) is 19.2. The number of aliphatic imine (C=N–C) groups is 1. The van der Waals surface area contributed by atoms with E-state index in [1.807, 2.05) is 44.6 Å². The van der Waals surface area contributed by atoms with Crippen LogP contribution in [0.15, 0.2) is 47.6 Å². The molecule has 3 rings (SSSR count). The number of nitrogens with zero attached hydrogens (tertiary/aromatic N) is 3. The molecule has 0 saturated heterocycles. The van der Waals surface area contributed by atoms with Gasteiger partial charge in [-0.05, 0) is 38.2 Å². The number of nitrogens with one attached hydrogen (secondary N) is 1. The van der Waals surface area contributed by atoms with E-state index < -0.39 is 0 Å². The van der Waals surface area contributed by atoms with E-state index in [0.29, 0.717) is 19.4 Å². The van der Waals surface area contributed by atoms with Crippen molar-refractivity contribution in [3.05, 3.63) is 65.0 Å². The smallest absolute Gasteiger partial charge is 0.139 e. The van der Waals surface area contributed by atoms with E-state index in [9.17, 15) is 4.79 Å². The zero-order valence-electron chi connectivity index (χ0n) is 16.4. The molecule has 27 heavy (non-hydrogen) atoms. The summed E-state index contributed by atoms with van der Waals surface area (Å²) in [5.41, 5.74) is 4.26. The van der Waals surface area contributed by atoms with Gasteiger partial charge in [-0.2, -0.15) is 0 Å². The van der Waals surface area contributed by atoms with E-state index in [-0.39, 0.29) is 11.7 Å². The van der Waals surface area contributed by atoms with E-state index in [4.69, 9.17) is 0 Å². The lowest BCUT2D eigenvalue weighted by atomic mass is 9.92. The molecule has 0 fully saturated rings. The van der Waals surface area contributed by atoms with Crippen molar-refractivity contribution < 1.29 is 4.79 Å². The Morgan fingerprint density at radius 3 is 2.74 bits per heavy atom. The second-order valence-corrected chi connectivity index (χ2v) is 7.32. The minimum absolute atomic E-state index is 0.201. The maximum atomic E-state index is 12.7. The van der Waals surface area contributed by atoms with Gasteiger partial charge in [0.1, 0.15) is 11.6 Å². The number of pyridine rings is 1. The molecule has 5 nitrogen and oxygen atoms in total. The molecule has 142 valence electrons. The highest BCUT2D eigenvalue weighted by Gasteiger charge is 2.20. The van der Waals surface area contributed by atoms with Gasteiger partial charge in [0.2, 0.25) is 0 Å².